The quantitative estimate of drug-likeness (QED) is 0.537. The summed E-state index contributed by atoms with van der Waals surface area (Å²) in [6.07, 6.45) is 1.66. The van der Waals surface area contributed by atoms with Gasteiger partial charge < -0.3 is 10.4 Å². The van der Waals surface area contributed by atoms with E-state index in [0.717, 1.165) is 6.07 Å². The molecule has 1 aromatic carbocycles. The Hall–Kier alpha value is -2.19. The molecule has 0 radical (unpaired) electrons. The maximum Gasteiger partial charge on any atom is 0.270 e. The average Bonchev–Trinajstić information content (AvgIpc) is 2.96. The van der Waals surface area contributed by atoms with Crippen molar-refractivity contribution in [3.8, 4) is 0 Å². The standard InChI is InChI=1S/C17H24F2N4O2/c1-11(2)10-20-17(25)16-15(5-3-4-6-24)23(22-21-16)14-8-12(18)7-13(19)9-14/h7-9,11,21-22,24H,3-6,10H2,1-2H3,(H,20,25). The van der Waals surface area contributed by atoms with Gasteiger partial charge in [0.15, 0.2) is 0 Å². The Morgan fingerprint density at radius 3 is 2.52 bits per heavy atom. The van der Waals surface area contributed by atoms with Gasteiger partial charge in [0.25, 0.3) is 5.91 Å². The van der Waals surface area contributed by atoms with Gasteiger partial charge in [-0.05, 0) is 37.3 Å². The van der Waals surface area contributed by atoms with Gasteiger partial charge in [-0.1, -0.05) is 13.8 Å². The fraction of sp³-hybridized carbons (Fsp3) is 0.471. The van der Waals surface area contributed by atoms with E-state index in [9.17, 15) is 13.6 Å². The first-order chi connectivity index (χ1) is 11.9. The van der Waals surface area contributed by atoms with Crippen LogP contribution in [0.1, 0.15) is 33.1 Å². The first-order valence-electron chi connectivity index (χ1n) is 8.32. The van der Waals surface area contributed by atoms with Crippen molar-refractivity contribution in [1.82, 2.24) is 16.3 Å². The van der Waals surface area contributed by atoms with E-state index in [0.29, 0.717) is 43.1 Å². The minimum absolute atomic E-state index is 0.0393. The van der Waals surface area contributed by atoms with Gasteiger partial charge in [0.1, 0.15) is 17.3 Å². The molecule has 1 amide bonds. The molecule has 4 N–H and O–H groups in total. The number of unbranched alkanes of at least 4 members (excludes halogenated alkanes) is 1. The van der Waals surface area contributed by atoms with Crippen LogP contribution in [0.15, 0.2) is 29.6 Å². The number of carbonyl (C=O) groups excluding carboxylic acids is 1. The molecule has 1 aliphatic heterocycles. The number of nitrogens with zero attached hydrogens (tertiary/aromatic N) is 1. The Balaban J connectivity index is 2.27. The number of halogens is 2. The summed E-state index contributed by atoms with van der Waals surface area (Å²) in [6.45, 7) is 4.53. The van der Waals surface area contributed by atoms with Gasteiger partial charge in [0.05, 0.1) is 11.4 Å². The van der Waals surface area contributed by atoms with Gasteiger partial charge >= 0.3 is 0 Å². The van der Waals surface area contributed by atoms with Crippen molar-refractivity contribution in [2.75, 3.05) is 18.2 Å². The van der Waals surface area contributed by atoms with Crippen molar-refractivity contribution in [2.24, 2.45) is 5.92 Å². The second kappa shape index (κ2) is 8.77. The van der Waals surface area contributed by atoms with Gasteiger partial charge in [-0.2, -0.15) is 0 Å². The van der Waals surface area contributed by atoms with E-state index >= 15 is 0 Å². The third-order valence-electron chi connectivity index (χ3n) is 3.68. The second-order valence-electron chi connectivity index (χ2n) is 6.31. The van der Waals surface area contributed by atoms with Crippen LogP contribution in [0.5, 0.6) is 0 Å². The third-order valence-corrected chi connectivity index (χ3v) is 3.68. The second-order valence-corrected chi connectivity index (χ2v) is 6.31. The lowest BCUT2D eigenvalue weighted by Gasteiger charge is -2.21. The number of carbonyl (C=O) groups is 1. The van der Waals surface area contributed by atoms with E-state index in [2.05, 4.69) is 16.3 Å². The lowest BCUT2D eigenvalue weighted by molar-refractivity contribution is -0.118. The average molecular weight is 354 g/mol. The number of hydrogen-bond donors (Lipinski definition) is 4. The van der Waals surface area contributed by atoms with E-state index in [1.807, 2.05) is 13.8 Å². The molecule has 1 aromatic rings. The molecule has 2 rings (SSSR count). The predicted molar refractivity (Wildman–Crippen MR) is 90.9 cm³/mol. The SMILES string of the molecule is CC(C)CNC(=O)C1=C(CCCCO)N(c2cc(F)cc(F)c2)NN1. The summed E-state index contributed by atoms with van der Waals surface area (Å²) in [5, 5.41) is 13.2. The largest absolute Gasteiger partial charge is 0.396 e. The molecular formula is C17H24F2N4O2. The molecule has 0 aliphatic carbocycles. The van der Waals surface area contributed by atoms with Crippen molar-refractivity contribution in [3.63, 3.8) is 0 Å². The normalized spacial score (nSPS) is 14.2. The topological polar surface area (TPSA) is 76.6 Å². The number of benzene rings is 1. The van der Waals surface area contributed by atoms with Crippen LogP contribution >= 0.6 is 0 Å². The van der Waals surface area contributed by atoms with Crippen LogP contribution in [-0.4, -0.2) is 24.2 Å². The summed E-state index contributed by atoms with van der Waals surface area (Å²) in [4.78, 5) is 12.4. The minimum Gasteiger partial charge on any atom is -0.396 e. The highest BCUT2D eigenvalue weighted by molar-refractivity contribution is 5.94. The van der Waals surface area contributed by atoms with Crippen molar-refractivity contribution < 1.29 is 18.7 Å². The van der Waals surface area contributed by atoms with Crippen LogP contribution in [-0.2, 0) is 4.79 Å². The molecule has 0 saturated heterocycles. The lowest BCUT2D eigenvalue weighted by Crippen LogP contribution is -2.40. The Morgan fingerprint density at radius 1 is 1.24 bits per heavy atom. The Labute approximate surface area is 145 Å². The summed E-state index contributed by atoms with van der Waals surface area (Å²) in [7, 11) is 0. The Morgan fingerprint density at radius 2 is 1.92 bits per heavy atom. The molecule has 0 aromatic heterocycles. The number of nitrogens with one attached hydrogen (secondary N) is 3. The molecule has 0 fully saturated rings. The number of hydrazine groups is 2. The fourth-order valence-corrected chi connectivity index (χ4v) is 2.47. The smallest absolute Gasteiger partial charge is 0.270 e. The minimum atomic E-state index is -0.704. The number of anilines is 1. The molecule has 8 heteroatoms. The van der Waals surface area contributed by atoms with Crippen molar-refractivity contribution in [1.29, 1.82) is 0 Å². The molecule has 6 nitrogen and oxygen atoms in total. The summed E-state index contributed by atoms with van der Waals surface area (Å²) in [5.41, 5.74) is 6.68. The zero-order valence-electron chi connectivity index (χ0n) is 14.4. The highest BCUT2D eigenvalue weighted by Crippen LogP contribution is 2.27. The van der Waals surface area contributed by atoms with Crippen LogP contribution in [0.4, 0.5) is 14.5 Å². The maximum absolute atomic E-state index is 13.5. The number of rotatable bonds is 8. The van der Waals surface area contributed by atoms with Gasteiger partial charge in [0, 0.05) is 19.2 Å². The highest BCUT2D eigenvalue weighted by Gasteiger charge is 2.28. The Kier molecular flexibility index (Phi) is 6.72. The number of aliphatic hydroxyl groups is 1. The summed E-state index contributed by atoms with van der Waals surface area (Å²) < 4.78 is 27.1. The first-order valence-corrected chi connectivity index (χ1v) is 8.32. The van der Waals surface area contributed by atoms with E-state index in [-0.39, 0.29) is 18.2 Å². The zero-order valence-corrected chi connectivity index (χ0v) is 14.4. The van der Waals surface area contributed by atoms with E-state index < -0.39 is 11.6 Å². The molecular weight excluding hydrogens is 330 g/mol. The van der Waals surface area contributed by atoms with Gasteiger partial charge in [0.2, 0.25) is 0 Å². The van der Waals surface area contributed by atoms with Crippen LogP contribution in [0.2, 0.25) is 0 Å². The van der Waals surface area contributed by atoms with Crippen LogP contribution in [0.25, 0.3) is 0 Å². The summed E-state index contributed by atoms with van der Waals surface area (Å²) in [6, 6.07) is 3.15. The van der Waals surface area contributed by atoms with Crippen molar-refractivity contribution in [3.05, 3.63) is 41.2 Å². The van der Waals surface area contributed by atoms with Gasteiger partial charge in [-0.25, -0.2) is 8.78 Å². The monoisotopic (exact) mass is 354 g/mol. The number of hydrogen-bond acceptors (Lipinski definition) is 5. The van der Waals surface area contributed by atoms with Crippen LogP contribution in [0.3, 0.4) is 0 Å². The molecule has 1 heterocycles. The van der Waals surface area contributed by atoms with Crippen LogP contribution in [0, 0.1) is 17.6 Å². The molecule has 138 valence electrons. The molecule has 1 aliphatic rings. The maximum atomic E-state index is 13.5. The molecule has 0 spiro atoms. The van der Waals surface area contributed by atoms with E-state index in [1.54, 1.807) is 0 Å². The molecule has 0 saturated carbocycles. The fourth-order valence-electron chi connectivity index (χ4n) is 2.47. The summed E-state index contributed by atoms with van der Waals surface area (Å²) >= 11 is 0. The number of aliphatic hydroxyl groups excluding tert-OH is 1. The number of amides is 1. The molecule has 0 bridgehead atoms. The third kappa shape index (κ3) is 5.14. The highest BCUT2D eigenvalue weighted by atomic mass is 19.1. The number of allylic oxidation sites excluding steroid dienone is 1. The van der Waals surface area contributed by atoms with E-state index in [4.69, 9.17) is 5.11 Å². The van der Waals surface area contributed by atoms with Crippen LogP contribution < -0.4 is 21.3 Å². The van der Waals surface area contributed by atoms with Crippen molar-refractivity contribution >= 4 is 11.6 Å². The van der Waals surface area contributed by atoms with Gasteiger partial charge in [-0.3, -0.25) is 15.2 Å². The Bertz CT molecular complexity index is 629. The molecule has 25 heavy (non-hydrogen) atoms. The van der Waals surface area contributed by atoms with Gasteiger partial charge in [-0.15, -0.1) is 5.53 Å². The predicted octanol–water partition coefficient (Wildman–Crippen LogP) is 1.94. The van der Waals surface area contributed by atoms with Crippen molar-refractivity contribution in [2.45, 2.75) is 33.1 Å². The van der Waals surface area contributed by atoms with E-state index in [1.165, 1.54) is 17.1 Å². The first kappa shape index (κ1) is 19.1. The zero-order chi connectivity index (χ0) is 18.4. The lowest BCUT2D eigenvalue weighted by atomic mass is 10.1. The molecule has 0 atom stereocenters. The summed E-state index contributed by atoms with van der Waals surface area (Å²) in [5.74, 6) is -1.40. The molecule has 0 unspecified atom stereocenters.